The molecule has 0 bridgehead atoms. The monoisotopic (exact) mass is 1150 g/mol. The minimum Gasteiger partial charge on any atom is -0.493 e. The fraction of sp³-hybridized carbons (Fsp3) is 0.515. The van der Waals surface area contributed by atoms with Crippen LogP contribution in [0.4, 0.5) is 0 Å². The number of rotatable bonds is 37. The number of alkyl halides is 1. The van der Waals surface area contributed by atoms with E-state index in [1.807, 2.05) is 106 Å². The number of nitrogens with zero attached hydrogens (tertiary/aromatic N) is 1. The molecule has 0 amide bonds. The highest BCUT2D eigenvalue weighted by molar-refractivity contribution is 9.09. The third-order valence-electron chi connectivity index (χ3n) is 13.4. The lowest BCUT2D eigenvalue weighted by atomic mass is 9.92. The lowest BCUT2D eigenvalue weighted by Gasteiger charge is -2.26. The maximum Gasteiger partial charge on any atom is 0.338 e. The van der Waals surface area contributed by atoms with Crippen LogP contribution in [0.5, 0.6) is 11.5 Å². The molecular formula is C66H90BrNO11. The lowest BCUT2D eigenvalue weighted by molar-refractivity contribution is -0.144. The molecular weight excluding hydrogens is 1060 g/mol. The predicted molar refractivity (Wildman–Crippen MR) is 320 cm³/mol. The highest BCUT2D eigenvalue weighted by atomic mass is 79.9. The molecule has 79 heavy (non-hydrogen) atoms. The van der Waals surface area contributed by atoms with E-state index in [0.717, 1.165) is 155 Å². The van der Waals surface area contributed by atoms with Gasteiger partial charge in [0, 0.05) is 42.4 Å². The number of hydrogen-bond acceptors (Lipinski definition) is 12. The summed E-state index contributed by atoms with van der Waals surface area (Å²) in [6, 6.07) is 31.6. The Bertz CT molecular complexity index is 2360. The van der Waals surface area contributed by atoms with Crippen molar-refractivity contribution in [3.05, 3.63) is 143 Å². The number of ether oxygens (including phenoxy) is 7. The second-order valence-electron chi connectivity index (χ2n) is 19.6. The zero-order valence-electron chi connectivity index (χ0n) is 47.8. The molecule has 0 N–H and O–H groups in total. The summed E-state index contributed by atoms with van der Waals surface area (Å²) in [7, 11) is 0. The van der Waals surface area contributed by atoms with Gasteiger partial charge in [-0.15, -0.1) is 0 Å². The molecule has 4 aromatic carbocycles. The Kier molecular flexibility index (Phi) is 34.4. The quantitative estimate of drug-likeness (QED) is 0.0184. The number of allylic oxidation sites excluding steroid dienone is 2. The van der Waals surface area contributed by atoms with E-state index in [2.05, 4.69) is 57.3 Å². The second-order valence-corrected chi connectivity index (χ2v) is 20.4. The number of hydrogen-bond donors (Lipinski definition) is 0. The summed E-state index contributed by atoms with van der Waals surface area (Å²) in [5.41, 5.74) is 5.58. The van der Waals surface area contributed by atoms with E-state index in [4.69, 9.17) is 33.2 Å². The summed E-state index contributed by atoms with van der Waals surface area (Å²) in [5, 5.41) is 1.03. The minimum absolute atomic E-state index is 0.133. The molecule has 1 saturated heterocycles. The van der Waals surface area contributed by atoms with Gasteiger partial charge in [-0.2, -0.15) is 0 Å². The van der Waals surface area contributed by atoms with Crippen LogP contribution in [0.15, 0.2) is 109 Å². The standard InChI is InChI=1S/C35H49NO6.C31H41BrO5/c1-3-40-34(37)15-9-6-12-29(28-30-17-20-32(21-18-30)35(38)41-4-2)16-19-31-13-7-8-14-33(31)42-25-11-5-10-22-36-23-26-39-27-24-36;1-3-35-30(33)15-9-6-12-25(24-26-17-20-28(21-18-26)31(34)36-4-2)16-19-27-13-7-8-14-29(27)37-23-11-5-10-22-32/h7-8,13-14,16-21,29H,3-6,9-12,15,22-28H2,1-2H3;7-8,13-14,16-21,25H,3-6,9-12,15,22-24H2,1-2H3/b2*19-16+. The Labute approximate surface area is 481 Å². The van der Waals surface area contributed by atoms with E-state index in [1.165, 1.54) is 6.42 Å². The summed E-state index contributed by atoms with van der Waals surface area (Å²) in [6.07, 6.45) is 23.5. The van der Waals surface area contributed by atoms with Gasteiger partial charge in [0.25, 0.3) is 0 Å². The van der Waals surface area contributed by atoms with Crippen molar-refractivity contribution in [1.82, 2.24) is 4.90 Å². The van der Waals surface area contributed by atoms with Crippen molar-refractivity contribution in [2.45, 2.75) is 130 Å². The first-order chi connectivity index (χ1) is 38.7. The van der Waals surface area contributed by atoms with E-state index in [1.54, 1.807) is 6.92 Å². The topological polar surface area (TPSA) is 136 Å². The molecule has 0 aliphatic carbocycles. The van der Waals surface area contributed by atoms with E-state index < -0.39 is 0 Å². The average molecular weight is 1150 g/mol. The number of esters is 4. The van der Waals surface area contributed by atoms with Gasteiger partial charge in [-0.1, -0.05) is 114 Å². The van der Waals surface area contributed by atoms with Gasteiger partial charge in [0.05, 0.1) is 64.0 Å². The van der Waals surface area contributed by atoms with Crippen LogP contribution in [-0.4, -0.2) is 107 Å². The number of carbonyl (C=O) groups excluding carboxylic acids is 4. The number of unbranched alkanes of at least 4 members (excludes halogenated alkanes) is 6. The highest BCUT2D eigenvalue weighted by Crippen LogP contribution is 2.26. The van der Waals surface area contributed by atoms with Crippen LogP contribution in [0.2, 0.25) is 0 Å². The van der Waals surface area contributed by atoms with E-state index >= 15 is 0 Å². The van der Waals surface area contributed by atoms with Crippen LogP contribution in [0.1, 0.15) is 161 Å². The zero-order chi connectivity index (χ0) is 56.6. The Morgan fingerprint density at radius 3 is 1.38 bits per heavy atom. The normalized spacial score (nSPS) is 13.3. The molecule has 432 valence electrons. The van der Waals surface area contributed by atoms with Crippen LogP contribution in [0.3, 0.4) is 0 Å². The molecule has 0 radical (unpaired) electrons. The number of morpholine rings is 1. The third-order valence-corrected chi connectivity index (χ3v) is 14.0. The fourth-order valence-electron chi connectivity index (χ4n) is 9.09. The molecule has 4 aromatic rings. The molecule has 5 rings (SSSR count). The summed E-state index contributed by atoms with van der Waals surface area (Å²) < 4.78 is 38.1. The van der Waals surface area contributed by atoms with Crippen molar-refractivity contribution in [2.24, 2.45) is 11.8 Å². The van der Waals surface area contributed by atoms with Crippen LogP contribution in [0.25, 0.3) is 12.2 Å². The van der Waals surface area contributed by atoms with Crippen LogP contribution in [0, 0.1) is 11.8 Å². The van der Waals surface area contributed by atoms with Crippen molar-refractivity contribution >= 4 is 52.0 Å². The Hall–Kier alpha value is -5.76. The molecule has 2 unspecified atom stereocenters. The summed E-state index contributed by atoms with van der Waals surface area (Å²) in [4.78, 5) is 50.0. The van der Waals surface area contributed by atoms with Crippen LogP contribution < -0.4 is 9.47 Å². The zero-order valence-corrected chi connectivity index (χ0v) is 49.4. The van der Waals surface area contributed by atoms with Crippen molar-refractivity contribution in [2.75, 3.05) is 77.8 Å². The molecule has 1 heterocycles. The maximum atomic E-state index is 12.0. The van der Waals surface area contributed by atoms with Crippen molar-refractivity contribution in [1.29, 1.82) is 0 Å². The SMILES string of the molecule is CCOC(=O)CCCCC(/C=C/c1ccccc1OCCCCCBr)Cc1ccc(C(=O)OCC)cc1.CCOC(=O)CCCCC(/C=C/c1ccccc1OCCCCCN1CCOCC1)Cc1ccc(C(=O)OCC)cc1. The maximum absolute atomic E-state index is 12.0. The summed E-state index contributed by atoms with van der Waals surface area (Å²) in [5.74, 6) is 1.50. The van der Waals surface area contributed by atoms with Crippen molar-refractivity contribution in [3.63, 3.8) is 0 Å². The van der Waals surface area contributed by atoms with Crippen LogP contribution >= 0.6 is 15.9 Å². The number of carbonyl (C=O) groups is 4. The first-order valence-corrected chi connectivity index (χ1v) is 30.3. The average Bonchev–Trinajstić information content (AvgIpc) is 3.47. The van der Waals surface area contributed by atoms with Crippen molar-refractivity contribution < 1.29 is 52.3 Å². The van der Waals surface area contributed by atoms with Gasteiger partial charge in [0.15, 0.2) is 0 Å². The van der Waals surface area contributed by atoms with E-state index in [0.29, 0.717) is 63.6 Å². The molecule has 2 atom stereocenters. The van der Waals surface area contributed by atoms with Crippen molar-refractivity contribution in [3.8, 4) is 11.5 Å². The molecule has 0 spiro atoms. The largest absolute Gasteiger partial charge is 0.493 e. The Morgan fingerprint density at radius 2 is 0.949 bits per heavy atom. The fourth-order valence-corrected chi connectivity index (χ4v) is 9.49. The van der Waals surface area contributed by atoms with Gasteiger partial charge in [-0.05, 0) is 171 Å². The first-order valence-electron chi connectivity index (χ1n) is 29.2. The van der Waals surface area contributed by atoms with E-state index in [-0.39, 0.29) is 35.7 Å². The van der Waals surface area contributed by atoms with Gasteiger partial charge in [0.2, 0.25) is 0 Å². The second kappa shape index (κ2) is 41.3. The Morgan fingerprint density at radius 1 is 0.519 bits per heavy atom. The van der Waals surface area contributed by atoms with Gasteiger partial charge >= 0.3 is 23.9 Å². The third kappa shape index (κ3) is 28.3. The molecule has 1 fully saturated rings. The molecule has 0 saturated carbocycles. The smallest absolute Gasteiger partial charge is 0.338 e. The lowest BCUT2D eigenvalue weighted by Crippen LogP contribution is -2.36. The Balaban J connectivity index is 0.000000343. The summed E-state index contributed by atoms with van der Waals surface area (Å²) in [6.45, 7) is 15.2. The van der Waals surface area contributed by atoms with Gasteiger partial charge in [0.1, 0.15) is 11.5 Å². The van der Waals surface area contributed by atoms with Crippen LogP contribution in [-0.2, 0) is 46.1 Å². The number of benzene rings is 4. The summed E-state index contributed by atoms with van der Waals surface area (Å²) >= 11 is 3.47. The molecule has 12 nitrogen and oxygen atoms in total. The van der Waals surface area contributed by atoms with Gasteiger partial charge < -0.3 is 33.2 Å². The molecule has 1 aliphatic rings. The molecule has 13 heteroatoms. The minimum atomic E-state index is -0.298. The highest BCUT2D eigenvalue weighted by Gasteiger charge is 2.15. The van der Waals surface area contributed by atoms with Gasteiger partial charge in [-0.25, -0.2) is 9.59 Å². The molecule has 1 aliphatic heterocycles. The number of para-hydroxylation sites is 2. The van der Waals surface area contributed by atoms with Gasteiger partial charge in [-0.3, -0.25) is 14.5 Å². The number of halogens is 1. The predicted octanol–water partition coefficient (Wildman–Crippen LogP) is 14.5. The van der Waals surface area contributed by atoms with E-state index in [9.17, 15) is 19.2 Å². The molecule has 0 aromatic heterocycles. The first kappa shape index (κ1) is 65.8.